The van der Waals surface area contributed by atoms with Gasteiger partial charge in [-0.3, -0.25) is 4.79 Å². The third-order valence-corrected chi connectivity index (χ3v) is 3.30. The number of halogens is 1. The highest BCUT2D eigenvalue weighted by atomic mass is 79.9. The number of hydrogen-bond donors (Lipinski definition) is 2. The Labute approximate surface area is 107 Å². The van der Waals surface area contributed by atoms with Crippen molar-refractivity contribution in [3.8, 4) is 11.5 Å². The molecule has 0 fully saturated rings. The standard InChI is InChI=1S/C11H12BrNO4/c1-5-6(3-8(13)11(14)15)2-7(12)10-9(5)16-4-17-10/h2,8H,3-4,13H2,1H3,(H,14,15). The van der Waals surface area contributed by atoms with Gasteiger partial charge in [0.25, 0.3) is 0 Å². The van der Waals surface area contributed by atoms with Crippen molar-refractivity contribution in [1.82, 2.24) is 0 Å². The van der Waals surface area contributed by atoms with E-state index in [4.69, 9.17) is 20.3 Å². The highest BCUT2D eigenvalue weighted by Gasteiger charge is 2.23. The van der Waals surface area contributed by atoms with Crippen LogP contribution in [-0.4, -0.2) is 23.9 Å². The molecule has 0 spiro atoms. The van der Waals surface area contributed by atoms with Crippen LogP contribution in [0, 0.1) is 6.92 Å². The Morgan fingerprint density at radius 3 is 2.88 bits per heavy atom. The van der Waals surface area contributed by atoms with Gasteiger partial charge in [-0.15, -0.1) is 0 Å². The lowest BCUT2D eigenvalue weighted by molar-refractivity contribution is -0.138. The zero-order valence-corrected chi connectivity index (χ0v) is 10.8. The monoisotopic (exact) mass is 301 g/mol. The minimum atomic E-state index is -1.02. The first-order chi connectivity index (χ1) is 8.00. The maximum atomic E-state index is 10.7. The number of carboxylic acid groups (broad SMARTS) is 1. The van der Waals surface area contributed by atoms with Gasteiger partial charge in [-0.25, -0.2) is 0 Å². The molecule has 0 aromatic heterocycles. The Kier molecular flexibility index (Phi) is 3.26. The quantitative estimate of drug-likeness (QED) is 0.883. The van der Waals surface area contributed by atoms with Gasteiger partial charge in [0, 0.05) is 0 Å². The normalized spacial score (nSPS) is 14.8. The molecule has 17 heavy (non-hydrogen) atoms. The van der Waals surface area contributed by atoms with E-state index in [0.717, 1.165) is 15.6 Å². The van der Waals surface area contributed by atoms with E-state index >= 15 is 0 Å². The Balaban J connectivity index is 2.36. The molecule has 3 N–H and O–H groups in total. The van der Waals surface area contributed by atoms with Gasteiger partial charge >= 0.3 is 5.97 Å². The molecule has 0 saturated heterocycles. The van der Waals surface area contributed by atoms with Crippen molar-refractivity contribution >= 4 is 21.9 Å². The van der Waals surface area contributed by atoms with Crippen LogP contribution in [0.3, 0.4) is 0 Å². The van der Waals surface area contributed by atoms with E-state index in [2.05, 4.69) is 15.9 Å². The second-order valence-electron chi connectivity index (χ2n) is 3.86. The summed E-state index contributed by atoms with van der Waals surface area (Å²) in [4.78, 5) is 10.7. The highest BCUT2D eigenvalue weighted by molar-refractivity contribution is 9.10. The van der Waals surface area contributed by atoms with Crippen LogP contribution >= 0.6 is 15.9 Å². The van der Waals surface area contributed by atoms with E-state index in [0.29, 0.717) is 11.5 Å². The number of fused-ring (bicyclic) bond motifs is 1. The summed E-state index contributed by atoms with van der Waals surface area (Å²) in [5, 5.41) is 8.80. The summed E-state index contributed by atoms with van der Waals surface area (Å²) in [5.41, 5.74) is 7.24. The predicted octanol–water partition coefficient (Wildman–Crippen LogP) is 1.44. The second kappa shape index (κ2) is 4.54. The average Bonchev–Trinajstić information content (AvgIpc) is 2.74. The van der Waals surface area contributed by atoms with Crippen molar-refractivity contribution in [2.45, 2.75) is 19.4 Å². The summed E-state index contributed by atoms with van der Waals surface area (Å²) in [7, 11) is 0. The summed E-state index contributed by atoms with van der Waals surface area (Å²) in [6, 6.07) is 0.909. The Morgan fingerprint density at radius 1 is 1.59 bits per heavy atom. The number of carboxylic acids is 1. The zero-order chi connectivity index (χ0) is 12.6. The molecule has 0 aliphatic carbocycles. The van der Waals surface area contributed by atoms with E-state index in [1.54, 1.807) is 0 Å². The molecule has 1 unspecified atom stereocenters. The number of hydrogen-bond acceptors (Lipinski definition) is 4. The summed E-state index contributed by atoms with van der Waals surface area (Å²) in [6.45, 7) is 2.05. The van der Waals surface area contributed by atoms with Crippen LogP contribution in [0.1, 0.15) is 11.1 Å². The Morgan fingerprint density at radius 2 is 2.24 bits per heavy atom. The van der Waals surface area contributed by atoms with Crippen LogP contribution in [0.2, 0.25) is 0 Å². The smallest absolute Gasteiger partial charge is 0.320 e. The summed E-state index contributed by atoms with van der Waals surface area (Å²) in [6.07, 6.45) is 0.260. The van der Waals surface area contributed by atoms with Crippen molar-refractivity contribution in [2.75, 3.05) is 6.79 Å². The van der Waals surface area contributed by atoms with Crippen molar-refractivity contribution in [3.63, 3.8) is 0 Å². The molecule has 2 rings (SSSR count). The number of benzene rings is 1. The molecule has 1 aromatic carbocycles. The molecular formula is C11H12BrNO4. The first-order valence-corrected chi connectivity index (χ1v) is 5.86. The van der Waals surface area contributed by atoms with Gasteiger partial charge in [0.1, 0.15) is 6.04 Å². The Hall–Kier alpha value is -1.27. The number of aliphatic carboxylic acids is 1. The average molecular weight is 302 g/mol. The fourth-order valence-electron chi connectivity index (χ4n) is 1.74. The van der Waals surface area contributed by atoms with Crippen molar-refractivity contribution in [3.05, 3.63) is 21.7 Å². The summed E-state index contributed by atoms with van der Waals surface area (Å²) < 4.78 is 11.4. The third-order valence-electron chi connectivity index (χ3n) is 2.71. The van der Waals surface area contributed by atoms with E-state index < -0.39 is 12.0 Å². The summed E-state index contributed by atoms with van der Waals surface area (Å²) in [5.74, 6) is 0.306. The van der Waals surface area contributed by atoms with Gasteiger partial charge in [-0.05, 0) is 46.5 Å². The first kappa shape index (κ1) is 12.2. The minimum Gasteiger partial charge on any atom is -0.480 e. The SMILES string of the molecule is Cc1c(CC(N)C(=O)O)cc(Br)c2c1OCO2. The lowest BCUT2D eigenvalue weighted by atomic mass is 10.0. The van der Waals surface area contributed by atoms with E-state index in [-0.39, 0.29) is 13.2 Å². The van der Waals surface area contributed by atoms with Crippen molar-refractivity contribution in [2.24, 2.45) is 5.73 Å². The highest BCUT2D eigenvalue weighted by Crippen LogP contribution is 2.43. The van der Waals surface area contributed by atoms with Crippen LogP contribution < -0.4 is 15.2 Å². The van der Waals surface area contributed by atoms with Crippen LogP contribution in [0.4, 0.5) is 0 Å². The molecular weight excluding hydrogens is 290 g/mol. The summed E-state index contributed by atoms with van der Waals surface area (Å²) >= 11 is 3.37. The topological polar surface area (TPSA) is 81.8 Å². The van der Waals surface area contributed by atoms with Crippen LogP contribution in [0.5, 0.6) is 11.5 Å². The van der Waals surface area contributed by atoms with Crippen molar-refractivity contribution < 1.29 is 19.4 Å². The molecule has 1 atom stereocenters. The molecule has 6 heteroatoms. The maximum absolute atomic E-state index is 10.7. The van der Waals surface area contributed by atoms with Gasteiger partial charge < -0.3 is 20.3 Å². The molecule has 1 aliphatic rings. The molecule has 1 aromatic rings. The molecule has 1 aliphatic heterocycles. The van der Waals surface area contributed by atoms with E-state index in [1.165, 1.54) is 0 Å². The zero-order valence-electron chi connectivity index (χ0n) is 9.20. The molecule has 5 nitrogen and oxygen atoms in total. The van der Waals surface area contributed by atoms with Crippen LogP contribution in [0.25, 0.3) is 0 Å². The Bertz CT molecular complexity index is 475. The van der Waals surface area contributed by atoms with Crippen molar-refractivity contribution in [1.29, 1.82) is 0 Å². The van der Waals surface area contributed by atoms with Crippen LogP contribution in [-0.2, 0) is 11.2 Å². The fraction of sp³-hybridized carbons (Fsp3) is 0.364. The van der Waals surface area contributed by atoms with Gasteiger partial charge in [0.2, 0.25) is 6.79 Å². The fourth-order valence-corrected chi connectivity index (χ4v) is 2.31. The van der Waals surface area contributed by atoms with E-state index in [9.17, 15) is 4.79 Å². The predicted molar refractivity (Wildman–Crippen MR) is 64.3 cm³/mol. The largest absolute Gasteiger partial charge is 0.480 e. The van der Waals surface area contributed by atoms with Gasteiger partial charge in [0.05, 0.1) is 4.47 Å². The minimum absolute atomic E-state index is 0.184. The molecule has 0 bridgehead atoms. The van der Waals surface area contributed by atoms with Gasteiger partial charge in [0.15, 0.2) is 11.5 Å². The molecule has 1 heterocycles. The number of nitrogens with two attached hydrogens (primary N) is 1. The van der Waals surface area contributed by atoms with Gasteiger partial charge in [-0.1, -0.05) is 0 Å². The van der Waals surface area contributed by atoms with Crippen LogP contribution in [0.15, 0.2) is 10.5 Å². The number of ether oxygens (including phenoxy) is 2. The number of carbonyl (C=O) groups is 1. The molecule has 0 amide bonds. The van der Waals surface area contributed by atoms with E-state index in [1.807, 2.05) is 13.0 Å². The molecule has 0 saturated carbocycles. The maximum Gasteiger partial charge on any atom is 0.320 e. The second-order valence-corrected chi connectivity index (χ2v) is 4.71. The first-order valence-electron chi connectivity index (χ1n) is 5.06. The molecule has 0 radical (unpaired) electrons. The van der Waals surface area contributed by atoms with Gasteiger partial charge in [-0.2, -0.15) is 0 Å². The molecule has 92 valence electrons. The number of rotatable bonds is 3. The third kappa shape index (κ3) is 2.23. The lowest BCUT2D eigenvalue weighted by Gasteiger charge is -2.12. The lowest BCUT2D eigenvalue weighted by Crippen LogP contribution is -2.32.